The van der Waals surface area contributed by atoms with E-state index in [0.29, 0.717) is 30.5 Å². The molecule has 0 spiro atoms. The van der Waals surface area contributed by atoms with Crippen LogP contribution in [0.25, 0.3) is 0 Å². The molecule has 1 aliphatic rings. The van der Waals surface area contributed by atoms with Gasteiger partial charge in [0, 0.05) is 12.1 Å². The van der Waals surface area contributed by atoms with Gasteiger partial charge in [-0.3, -0.25) is 4.79 Å². The molecule has 0 aromatic rings. The Bertz CT molecular complexity index is 263. The van der Waals surface area contributed by atoms with Gasteiger partial charge in [-0.1, -0.05) is 41.0 Å². The Labute approximate surface area is 112 Å². The maximum atomic E-state index is 11.9. The molecule has 0 aromatic carbocycles. The molecule has 1 aliphatic carbocycles. The lowest BCUT2D eigenvalue weighted by molar-refractivity contribution is -0.121. The van der Waals surface area contributed by atoms with Crippen molar-refractivity contribution in [3.05, 3.63) is 0 Å². The van der Waals surface area contributed by atoms with Crippen LogP contribution < -0.4 is 10.6 Å². The zero-order chi connectivity index (χ0) is 13.7. The predicted octanol–water partition coefficient (Wildman–Crippen LogP) is 2.56. The SMILES string of the molecule is CC1CCC(C(C)C)C(NC(=O)CNC(C)C)C1. The minimum Gasteiger partial charge on any atom is -0.352 e. The minimum atomic E-state index is 0.147. The van der Waals surface area contributed by atoms with Crippen LogP contribution in [0.5, 0.6) is 0 Å². The van der Waals surface area contributed by atoms with Gasteiger partial charge in [-0.2, -0.15) is 0 Å². The number of nitrogens with one attached hydrogen (secondary N) is 2. The monoisotopic (exact) mass is 254 g/mol. The average Bonchev–Trinajstić information content (AvgIpc) is 2.26. The highest BCUT2D eigenvalue weighted by atomic mass is 16.2. The van der Waals surface area contributed by atoms with Gasteiger partial charge in [0.05, 0.1) is 6.54 Å². The van der Waals surface area contributed by atoms with Crippen LogP contribution in [-0.2, 0) is 4.79 Å². The standard InChI is InChI=1S/C15H30N2O/c1-10(2)13-7-6-12(5)8-14(13)17-15(18)9-16-11(3)4/h10-14,16H,6-9H2,1-5H3,(H,17,18). The molecular formula is C15H30N2O. The topological polar surface area (TPSA) is 41.1 Å². The highest BCUT2D eigenvalue weighted by molar-refractivity contribution is 5.78. The Morgan fingerprint density at radius 2 is 1.89 bits per heavy atom. The van der Waals surface area contributed by atoms with Gasteiger partial charge < -0.3 is 10.6 Å². The van der Waals surface area contributed by atoms with E-state index in [1.807, 2.05) is 0 Å². The number of hydrogen-bond acceptors (Lipinski definition) is 2. The van der Waals surface area contributed by atoms with E-state index in [1.165, 1.54) is 12.8 Å². The summed E-state index contributed by atoms with van der Waals surface area (Å²) in [5.41, 5.74) is 0. The zero-order valence-electron chi connectivity index (χ0n) is 12.6. The Morgan fingerprint density at radius 1 is 1.22 bits per heavy atom. The van der Waals surface area contributed by atoms with Crippen LogP contribution in [0.15, 0.2) is 0 Å². The van der Waals surface area contributed by atoms with Gasteiger partial charge in [-0.15, -0.1) is 0 Å². The van der Waals surface area contributed by atoms with Gasteiger partial charge in [-0.25, -0.2) is 0 Å². The van der Waals surface area contributed by atoms with E-state index >= 15 is 0 Å². The molecule has 0 radical (unpaired) electrons. The van der Waals surface area contributed by atoms with Gasteiger partial charge in [0.25, 0.3) is 0 Å². The summed E-state index contributed by atoms with van der Waals surface area (Å²) in [6, 6.07) is 0.733. The number of rotatable bonds is 5. The summed E-state index contributed by atoms with van der Waals surface area (Å²) in [6.45, 7) is 11.4. The fourth-order valence-electron chi connectivity index (χ4n) is 2.92. The van der Waals surface area contributed by atoms with Crippen LogP contribution in [0, 0.1) is 17.8 Å². The van der Waals surface area contributed by atoms with Crippen LogP contribution in [0.2, 0.25) is 0 Å². The normalized spacial score (nSPS) is 28.7. The molecule has 18 heavy (non-hydrogen) atoms. The van der Waals surface area contributed by atoms with Crippen molar-refractivity contribution in [2.45, 2.75) is 66.0 Å². The fraction of sp³-hybridized carbons (Fsp3) is 0.933. The van der Waals surface area contributed by atoms with Crippen LogP contribution in [0.1, 0.15) is 53.9 Å². The summed E-state index contributed by atoms with van der Waals surface area (Å²) in [4.78, 5) is 11.9. The molecule has 3 nitrogen and oxygen atoms in total. The summed E-state index contributed by atoms with van der Waals surface area (Å²) >= 11 is 0. The van der Waals surface area contributed by atoms with Crippen molar-refractivity contribution in [3.8, 4) is 0 Å². The molecule has 1 rings (SSSR count). The second-order valence-electron chi connectivity index (χ2n) is 6.54. The van der Waals surface area contributed by atoms with E-state index < -0.39 is 0 Å². The van der Waals surface area contributed by atoms with Gasteiger partial charge in [-0.05, 0) is 30.6 Å². The third-order valence-corrected chi connectivity index (χ3v) is 4.04. The molecule has 3 atom stereocenters. The number of amides is 1. The van der Waals surface area contributed by atoms with E-state index in [2.05, 4.69) is 45.3 Å². The molecule has 2 N–H and O–H groups in total. The molecular weight excluding hydrogens is 224 g/mol. The summed E-state index contributed by atoms with van der Waals surface area (Å²) in [5, 5.41) is 6.41. The lowest BCUT2D eigenvalue weighted by Crippen LogP contribution is -2.48. The highest BCUT2D eigenvalue weighted by Gasteiger charge is 2.31. The molecule has 1 saturated carbocycles. The highest BCUT2D eigenvalue weighted by Crippen LogP contribution is 2.33. The van der Waals surface area contributed by atoms with E-state index in [1.54, 1.807) is 0 Å². The van der Waals surface area contributed by atoms with Crippen molar-refractivity contribution >= 4 is 5.91 Å². The fourth-order valence-corrected chi connectivity index (χ4v) is 2.92. The largest absolute Gasteiger partial charge is 0.352 e. The van der Waals surface area contributed by atoms with E-state index in [4.69, 9.17) is 0 Å². The third-order valence-electron chi connectivity index (χ3n) is 4.04. The summed E-state index contributed by atoms with van der Waals surface area (Å²) < 4.78 is 0. The number of hydrogen-bond donors (Lipinski definition) is 2. The van der Waals surface area contributed by atoms with Gasteiger partial charge in [0.2, 0.25) is 5.91 Å². The van der Waals surface area contributed by atoms with E-state index in [-0.39, 0.29) is 5.91 Å². The van der Waals surface area contributed by atoms with Crippen molar-refractivity contribution < 1.29 is 4.79 Å². The first-order valence-corrected chi connectivity index (χ1v) is 7.42. The van der Waals surface area contributed by atoms with E-state index in [0.717, 1.165) is 12.3 Å². The molecule has 0 heterocycles. The molecule has 0 aromatic heterocycles. The van der Waals surface area contributed by atoms with Crippen LogP contribution >= 0.6 is 0 Å². The zero-order valence-corrected chi connectivity index (χ0v) is 12.6. The molecule has 106 valence electrons. The maximum absolute atomic E-state index is 11.9. The van der Waals surface area contributed by atoms with Gasteiger partial charge in [0.15, 0.2) is 0 Å². The summed E-state index contributed by atoms with van der Waals surface area (Å²) in [7, 11) is 0. The molecule has 0 aliphatic heterocycles. The summed E-state index contributed by atoms with van der Waals surface area (Å²) in [6.07, 6.45) is 3.69. The van der Waals surface area contributed by atoms with E-state index in [9.17, 15) is 4.79 Å². The molecule has 1 amide bonds. The second kappa shape index (κ2) is 7.13. The van der Waals surface area contributed by atoms with Crippen molar-refractivity contribution in [2.75, 3.05) is 6.54 Å². The predicted molar refractivity (Wildman–Crippen MR) is 76.4 cm³/mol. The molecule has 0 bridgehead atoms. The van der Waals surface area contributed by atoms with Crippen molar-refractivity contribution in [1.29, 1.82) is 0 Å². The van der Waals surface area contributed by atoms with Crippen LogP contribution in [-0.4, -0.2) is 24.5 Å². The smallest absolute Gasteiger partial charge is 0.234 e. The van der Waals surface area contributed by atoms with Crippen molar-refractivity contribution in [2.24, 2.45) is 17.8 Å². The molecule has 3 unspecified atom stereocenters. The average molecular weight is 254 g/mol. The quantitative estimate of drug-likeness (QED) is 0.791. The van der Waals surface area contributed by atoms with Crippen LogP contribution in [0.4, 0.5) is 0 Å². The Kier molecular flexibility index (Phi) is 6.13. The number of carbonyl (C=O) groups excluding carboxylic acids is 1. The molecule has 0 saturated heterocycles. The first-order valence-electron chi connectivity index (χ1n) is 7.42. The second-order valence-corrected chi connectivity index (χ2v) is 6.54. The van der Waals surface area contributed by atoms with Crippen molar-refractivity contribution in [3.63, 3.8) is 0 Å². The third kappa shape index (κ3) is 4.97. The summed E-state index contributed by atoms with van der Waals surface area (Å²) in [5.74, 6) is 2.18. The lowest BCUT2D eigenvalue weighted by atomic mass is 9.74. The minimum absolute atomic E-state index is 0.147. The number of carbonyl (C=O) groups is 1. The Morgan fingerprint density at radius 3 is 2.44 bits per heavy atom. The molecule has 1 fully saturated rings. The molecule has 3 heteroatoms. The van der Waals surface area contributed by atoms with Crippen LogP contribution in [0.3, 0.4) is 0 Å². The first-order chi connectivity index (χ1) is 8.40. The maximum Gasteiger partial charge on any atom is 0.234 e. The van der Waals surface area contributed by atoms with Gasteiger partial charge in [0.1, 0.15) is 0 Å². The lowest BCUT2D eigenvalue weighted by Gasteiger charge is -2.37. The Balaban J connectivity index is 2.47. The Hall–Kier alpha value is -0.570. The first kappa shape index (κ1) is 15.5. The van der Waals surface area contributed by atoms with Crippen molar-refractivity contribution in [1.82, 2.24) is 10.6 Å². The van der Waals surface area contributed by atoms with Gasteiger partial charge >= 0.3 is 0 Å².